The van der Waals surface area contributed by atoms with Crippen LogP contribution in [0.1, 0.15) is 18.1 Å². The lowest BCUT2D eigenvalue weighted by molar-refractivity contribution is -0.150. The molecule has 1 saturated heterocycles. The second-order valence-electron chi connectivity index (χ2n) is 3.77. The van der Waals surface area contributed by atoms with Crippen LogP contribution in [0.15, 0.2) is 6.07 Å². The third-order valence-electron chi connectivity index (χ3n) is 2.72. The molecule has 2 heterocycles. The van der Waals surface area contributed by atoms with Gasteiger partial charge in [0.15, 0.2) is 5.79 Å². The predicted molar refractivity (Wildman–Crippen MR) is 59.8 cm³/mol. The molecule has 16 heavy (non-hydrogen) atoms. The van der Waals surface area contributed by atoms with Gasteiger partial charge in [0.25, 0.3) is 0 Å². The van der Waals surface area contributed by atoms with Gasteiger partial charge in [-0.1, -0.05) is 11.6 Å². The van der Waals surface area contributed by atoms with Crippen molar-refractivity contribution in [2.75, 3.05) is 20.3 Å². The van der Waals surface area contributed by atoms with Crippen LogP contribution in [0.25, 0.3) is 0 Å². The third-order valence-corrected chi connectivity index (χ3v) is 2.91. The van der Waals surface area contributed by atoms with E-state index >= 15 is 0 Å². The molecule has 1 aromatic rings. The molecule has 2 rings (SSSR count). The van der Waals surface area contributed by atoms with Crippen LogP contribution in [0.2, 0.25) is 5.15 Å². The summed E-state index contributed by atoms with van der Waals surface area (Å²) in [5, 5.41) is 0.373. The van der Waals surface area contributed by atoms with E-state index in [0.29, 0.717) is 24.2 Å². The zero-order valence-corrected chi connectivity index (χ0v) is 10.3. The zero-order chi connectivity index (χ0) is 11.8. The Morgan fingerprint density at radius 1 is 1.44 bits per heavy atom. The number of ether oxygens (including phenoxy) is 3. The molecule has 4 nitrogen and oxygen atoms in total. The number of hydrogen-bond donors (Lipinski definition) is 0. The van der Waals surface area contributed by atoms with Crippen molar-refractivity contribution >= 4 is 11.6 Å². The largest absolute Gasteiger partial charge is 0.481 e. The summed E-state index contributed by atoms with van der Waals surface area (Å²) in [4.78, 5) is 4.09. The lowest BCUT2D eigenvalue weighted by atomic mass is 10.0. The van der Waals surface area contributed by atoms with Crippen molar-refractivity contribution < 1.29 is 14.2 Å². The van der Waals surface area contributed by atoms with Crippen molar-refractivity contribution in [1.29, 1.82) is 0 Å². The van der Waals surface area contributed by atoms with Crippen molar-refractivity contribution in [3.05, 3.63) is 22.3 Å². The van der Waals surface area contributed by atoms with Crippen LogP contribution in [0.3, 0.4) is 0 Å². The Hall–Kier alpha value is -0.840. The summed E-state index contributed by atoms with van der Waals surface area (Å²) < 4.78 is 16.4. The second kappa shape index (κ2) is 4.20. The molecule has 1 aliphatic rings. The van der Waals surface area contributed by atoms with E-state index in [9.17, 15) is 0 Å². The van der Waals surface area contributed by atoms with E-state index in [4.69, 9.17) is 25.8 Å². The molecular weight excluding hydrogens is 230 g/mol. The minimum Gasteiger partial charge on any atom is -0.481 e. The predicted octanol–water partition coefficient (Wildman–Crippen LogP) is 2.27. The first-order chi connectivity index (χ1) is 7.57. The molecule has 1 aliphatic heterocycles. The summed E-state index contributed by atoms with van der Waals surface area (Å²) in [6.45, 7) is 4.95. The quantitative estimate of drug-likeness (QED) is 0.748. The van der Waals surface area contributed by atoms with Gasteiger partial charge in [-0.05, 0) is 19.9 Å². The molecule has 88 valence electrons. The number of pyridine rings is 1. The number of methoxy groups -OCH3 is 1. The minimum atomic E-state index is -0.746. The van der Waals surface area contributed by atoms with Crippen LogP contribution in [0.5, 0.6) is 5.88 Å². The normalized spacial score (nSPS) is 18.8. The maximum absolute atomic E-state index is 5.94. The molecule has 0 spiro atoms. The van der Waals surface area contributed by atoms with Gasteiger partial charge in [0.1, 0.15) is 5.15 Å². The number of rotatable bonds is 2. The SMILES string of the molecule is COc1nc(Cl)cc(C2(C)OCCO2)c1C. The zero-order valence-electron chi connectivity index (χ0n) is 9.54. The highest BCUT2D eigenvalue weighted by Crippen LogP contribution is 2.36. The number of aromatic nitrogens is 1. The molecule has 1 fully saturated rings. The molecular formula is C11H14ClNO3. The van der Waals surface area contributed by atoms with Crippen molar-refractivity contribution in [3.8, 4) is 5.88 Å². The van der Waals surface area contributed by atoms with Gasteiger partial charge in [-0.2, -0.15) is 0 Å². The Morgan fingerprint density at radius 3 is 2.62 bits per heavy atom. The van der Waals surface area contributed by atoms with Crippen LogP contribution >= 0.6 is 11.6 Å². The van der Waals surface area contributed by atoms with Crippen LogP contribution < -0.4 is 4.74 Å². The molecule has 5 heteroatoms. The Balaban J connectivity index is 2.51. The second-order valence-corrected chi connectivity index (χ2v) is 4.16. The lowest BCUT2D eigenvalue weighted by Gasteiger charge is -2.25. The molecule has 0 amide bonds. The van der Waals surface area contributed by atoms with Crippen molar-refractivity contribution in [2.45, 2.75) is 19.6 Å². The van der Waals surface area contributed by atoms with E-state index in [1.807, 2.05) is 13.8 Å². The first-order valence-corrected chi connectivity index (χ1v) is 5.44. The van der Waals surface area contributed by atoms with Crippen molar-refractivity contribution in [2.24, 2.45) is 0 Å². The Kier molecular flexibility index (Phi) is 3.06. The summed E-state index contributed by atoms with van der Waals surface area (Å²) in [5.74, 6) is -0.243. The van der Waals surface area contributed by atoms with Gasteiger partial charge in [0.2, 0.25) is 5.88 Å². The summed E-state index contributed by atoms with van der Waals surface area (Å²) in [6, 6.07) is 1.75. The van der Waals surface area contributed by atoms with E-state index in [0.717, 1.165) is 11.1 Å². The molecule has 0 unspecified atom stereocenters. The highest BCUT2D eigenvalue weighted by molar-refractivity contribution is 6.29. The average Bonchev–Trinajstić information content (AvgIpc) is 2.69. The molecule has 0 radical (unpaired) electrons. The molecule has 0 bridgehead atoms. The lowest BCUT2D eigenvalue weighted by Crippen LogP contribution is -2.24. The first kappa shape index (κ1) is 11.6. The first-order valence-electron chi connectivity index (χ1n) is 5.06. The van der Waals surface area contributed by atoms with E-state index in [1.165, 1.54) is 0 Å². The fourth-order valence-corrected chi connectivity index (χ4v) is 2.08. The molecule has 0 N–H and O–H groups in total. The third kappa shape index (κ3) is 1.88. The molecule has 1 aromatic heterocycles. The van der Waals surface area contributed by atoms with E-state index < -0.39 is 5.79 Å². The highest BCUT2D eigenvalue weighted by atomic mass is 35.5. The summed E-state index contributed by atoms with van der Waals surface area (Å²) >= 11 is 5.94. The molecule has 0 saturated carbocycles. The van der Waals surface area contributed by atoms with Gasteiger partial charge >= 0.3 is 0 Å². The van der Waals surface area contributed by atoms with Gasteiger partial charge < -0.3 is 14.2 Å². The Bertz CT molecular complexity index is 402. The maximum atomic E-state index is 5.94. The summed E-state index contributed by atoms with van der Waals surface area (Å²) in [5.41, 5.74) is 1.75. The van der Waals surface area contributed by atoms with Gasteiger partial charge in [0, 0.05) is 11.1 Å². The Morgan fingerprint density at radius 2 is 2.06 bits per heavy atom. The maximum Gasteiger partial charge on any atom is 0.217 e. The van der Waals surface area contributed by atoms with Gasteiger partial charge in [-0.3, -0.25) is 0 Å². The average molecular weight is 244 g/mol. The Labute approximate surface area is 99.5 Å². The standard InChI is InChI=1S/C11H14ClNO3/c1-7-8(11(2)15-4-5-16-11)6-9(12)13-10(7)14-3/h6H,4-5H2,1-3H3. The van der Waals surface area contributed by atoms with Crippen LogP contribution in [-0.4, -0.2) is 25.3 Å². The fraction of sp³-hybridized carbons (Fsp3) is 0.545. The van der Waals surface area contributed by atoms with E-state index in [-0.39, 0.29) is 0 Å². The van der Waals surface area contributed by atoms with Gasteiger partial charge in [-0.15, -0.1) is 0 Å². The smallest absolute Gasteiger partial charge is 0.217 e. The van der Waals surface area contributed by atoms with Crippen LogP contribution in [0, 0.1) is 6.92 Å². The van der Waals surface area contributed by atoms with Gasteiger partial charge in [-0.25, -0.2) is 4.98 Å². The number of halogens is 1. The molecule has 0 aliphatic carbocycles. The number of nitrogens with zero attached hydrogens (tertiary/aromatic N) is 1. The molecule has 0 aromatic carbocycles. The fourth-order valence-electron chi connectivity index (χ4n) is 1.90. The molecule has 0 atom stereocenters. The minimum absolute atomic E-state index is 0.373. The van der Waals surface area contributed by atoms with Crippen molar-refractivity contribution in [3.63, 3.8) is 0 Å². The van der Waals surface area contributed by atoms with Crippen LogP contribution in [0.4, 0.5) is 0 Å². The highest BCUT2D eigenvalue weighted by Gasteiger charge is 2.35. The van der Waals surface area contributed by atoms with Crippen molar-refractivity contribution in [1.82, 2.24) is 4.98 Å². The van der Waals surface area contributed by atoms with E-state index in [2.05, 4.69) is 4.98 Å². The van der Waals surface area contributed by atoms with Gasteiger partial charge in [0.05, 0.1) is 20.3 Å². The van der Waals surface area contributed by atoms with Crippen LogP contribution in [-0.2, 0) is 15.3 Å². The summed E-state index contributed by atoms with van der Waals surface area (Å²) in [6.07, 6.45) is 0. The van der Waals surface area contributed by atoms with E-state index in [1.54, 1.807) is 13.2 Å². The topological polar surface area (TPSA) is 40.6 Å². The summed E-state index contributed by atoms with van der Waals surface area (Å²) in [7, 11) is 1.56. The number of hydrogen-bond acceptors (Lipinski definition) is 4. The monoisotopic (exact) mass is 243 g/mol.